The van der Waals surface area contributed by atoms with E-state index in [-0.39, 0.29) is 18.4 Å². The molecule has 0 aromatic carbocycles. The van der Waals surface area contributed by atoms with Crippen molar-refractivity contribution < 1.29 is 14.3 Å². The molecule has 1 fully saturated rings. The van der Waals surface area contributed by atoms with Crippen molar-refractivity contribution in [2.45, 2.75) is 39.5 Å². The summed E-state index contributed by atoms with van der Waals surface area (Å²) in [5.41, 5.74) is 0. The molecule has 0 unspecified atom stereocenters. The van der Waals surface area contributed by atoms with Gasteiger partial charge in [0.15, 0.2) is 6.61 Å². The minimum absolute atomic E-state index is 0.139. The highest BCUT2D eigenvalue weighted by Gasteiger charge is 2.24. The number of nitriles is 1. The summed E-state index contributed by atoms with van der Waals surface area (Å²) in [6, 6.07) is 2.31. The zero-order valence-corrected chi connectivity index (χ0v) is 11.7. The van der Waals surface area contributed by atoms with E-state index in [0.29, 0.717) is 19.0 Å². The Balaban J connectivity index is 2.38. The van der Waals surface area contributed by atoms with Gasteiger partial charge in [-0.2, -0.15) is 5.26 Å². The van der Waals surface area contributed by atoms with Gasteiger partial charge < -0.3 is 9.64 Å². The predicted molar refractivity (Wildman–Crippen MR) is 69.9 cm³/mol. The summed E-state index contributed by atoms with van der Waals surface area (Å²) in [4.78, 5) is 24.3. The molecule has 5 heteroatoms. The van der Waals surface area contributed by atoms with Crippen molar-refractivity contribution >= 4 is 11.9 Å². The number of carbonyl (C=O) groups is 2. The van der Waals surface area contributed by atoms with Gasteiger partial charge in [0.1, 0.15) is 0 Å². The molecule has 0 N–H and O–H groups in total. The molecule has 0 radical (unpaired) electrons. The van der Waals surface area contributed by atoms with Crippen LogP contribution in [0.1, 0.15) is 39.5 Å². The van der Waals surface area contributed by atoms with Gasteiger partial charge in [0.2, 0.25) is 0 Å². The van der Waals surface area contributed by atoms with Gasteiger partial charge in [-0.15, -0.1) is 0 Å². The molecule has 1 rings (SSSR count). The predicted octanol–water partition coefficient (Wildman–Crippen LogP) is 1.73. The van der Waals surface area contributed by atoms with E-state index in [2.05, 4.69) is 6.07 Å². The summed E-state index contributed by atoms with van der Waals surface area (Å²) in [6.07, 6.45) is 3.85. The number of ether oxygens (including phenoxy) is 1. The molecule has 0 bridgehead atoms. The quantitative estimate of drug-likeness (QED) is 0.710. The fourth-order valence-electron chi connectivity index (χ4n) is 2.45. The average Bonchev–Trinajstić information content (AvgIpc) is 2.42. The zero-order valence-electron chi connectivity index (χ0n) is 11.7. The maximum atomic E-state index is 11.9. The Hall–Kier alpha value is -1.57. The van der Waals surface area contributed by atoms with E-state index in [9.17, 15) is 9.59 Å². The number of carbonyl (C=O) groups excluding carboxylic acids is 2. The fraction of sp³-hybridized carbons (Fsp3) is 0.786. The molecule has 5 nitrogen and oxygen atoms in total. The monoisotopic (exact) mass is 266 g/mol. The first kappa shape index (κ1) is 15.5. The van der Waals surface area contributed by atoms with Gasteiger partial charge in [0, 0.05) is 25.9 Å². The molecular weight excluding hydrogens is 244 g/mol. The van der Waals surface area contributed by atoms with Crippen molar-refractivity contribution in [1.29, 1.82) is 5.26 Å². The Labute approximate surface area is 114 Å². The second-order valence-electron chi connectivity index (χ2n) is 5.06. The minimum Gasteiger partial charge on any atom is -0.456 e. The summed E-state index contributed by atoms with van der Waals surface area (Å²) in [5.74, 6) is 0.0768. The number of hydrogen-bond donors (Lipinski definition) is 0. The van der Waals surface area contributed by atoms with Crippen LogP contribution in [0.15, 0.2) is 0 Å². The van der Waals surface area contributed by atoms with E-state index in [1.165, 1.54) is 6.92 Å². The molecule has 0 saturated heterocycles. The van der Waals surface area contributed by atoms with Gasteiger partial charge in [-0.05, 0) is 38.5 Å². The van der Waals surface area contributed by atoms with Crippen molar-refractivity contribution in [3.8, 4) is 6.07 Å². The largest absolute Gasteiger partial charge is 0.456 e. The Morgan fingerprint density at radius 3 is 2.42 bits per heavy atom. The van der Waals surface area contributed by atoms with Crippen LogP contribution in [0.4, 0.5) is 0 Å². The van der Waals surface area contributed by atoms with Crippen molar-refractivity contribution in [2.75, 3.05) is 19.7 Å². The highest BCUT2D eigenvalue weighted by atomic mass is 16.5. The van der Waals surface area contributed by atoms with Crippen molar-refractivity contribution in [1.82, 2.24) is 4.90 Å². The summed E-state index contributed by atoms with van der Waals surface area (Å²) >= 11 is 0. The molecule has 106 valence electrons. The van der Waals surface area contributed by atoms with E-state index < -0.39 is 5.97 Å². The molecular formula is C14H22N2O3. The molecule has 1 aliphatic carbocycles. The molecule has 1 saturated carbocycles. The van der Waals surface area contributed by atoms with Gasteiger partial charge in [0.25, 0.3) is 5.91 Å². The van der Waals surface area contributed by atoms with Crippen molar-refractivity contribution in [2.24, 2.45) is 11.8 Å². The van der Waals surface area contributed by atoms with Crippen LogP contribution >= 0.6 is 0 Å². The smallest absolute Gasteiger partial charge is 0.303 e. The number of esters is 1. The molecule has 0 heterocycles. The maximum absolute atomic E-state index is 11.9. The van der Waals surface area contributed by atoms with Crippen LogP contribution in [0.2, 0.25) is 0 Å². The van der Waals surface area contributed by atoms with Gasteiger partial charge in [0.05, 0.1) is 6.07 Å². The van der Waals surface area contributed by atoms with Gasteiger partial charge >= 0.3 is 5.97 Å². The second-order valence-corrected chi connectivity index (χ2v) is 5.06. The van der Waals surface area contributed by atoms with Crippen LogP contribution in [0.5, 0.6) is 0 Å². The van der Waals surface area contributed by atoms with E-state index in [4.69, 9.17) is 10.00 Å². The van der Waals surface area contributed by atoms with Crippen LogP contribution in [0.3, 0.4) is 0 Å². The molecule has 19 heavy (non-hydrogen) atoms. The van der Waals surface area contributed by atoms with Crippen molar-refractivity contribution in [3.63, 3.8) is 0 Å². The van der Waals surface area contributed by atoms with E-state index in [1.54, 1.807) is 4.90 Å². The highest BCUT2D eigenvalue weighted by molar-refractivity contribution is 5.80. The lowest BCUT2D eigenvalue weighted by Gasteiger charge is -2.30. The Morgan fingerprint density at radius 2 is 1.95 bits per heavy atom. The number of hydrogen-bond acceptors (Lipinski definition) is 4. The lowest BCUT2D eigenvalue weighted by Crippen LogP contribution is -2.38. The minimum atomic E-state index is -0.432. The highest BCUT2D eigenvalue weighted by Crippen LogP contribution is 2.28. The third-order valence-corrected chi connectivity index (χ3v) is 3.64. The first-order chi connectivity index (χ1) is 9.06. The second kappa shape index (κ2) is 7.78. The lowest BCUT2D eigenvalue weighted by molar-refractivity contribution is -0.150. The van der Waals surface area contributed by atoms with Crippen molar-refractivity contribution in [3.05, 3.63) is 0 Å². The zero-order chi connectivity index (χ0) is 14.3. The van der Waals surface area contributed by atoms with Crippen LogP contribution in [-0.4, -0.2) is 36.5 Å². The lowest BCUT2D eigenvalue weighted by atomic mass is 9.82. The molecule has 0 aliphatic heterocycles. The molecule has 1 amide bonds. The van der Waals surface area contributed by atoms with Gasteiger partial charge in [-0.25, -0.2) is 0 Å². The summed E-state index contributed by atoms with van der Waals surface area (Å²) < 4.78 is 4.74. The Kier molecular flexibility index (Phi) is 6.34. The first-order valence-corrected chi connectivity index (χ1v) is 6.87. The van der Waals surface area contributed by atoms with Crippen LogP contribution in [0.25, 0.3) is 0 Å². The first-order valence-electron chi connectivity index (χ1n) is 6.87. The molecule has 0 aromatic rings. The topological polar surface area (TPSA) is 70.4 Å². The van der Waals surface area contributed by atoms with Gasteiger partial charge in [-0.3, -0.25) is 9.59 Å². The fourth-order valence-corrected chi connectivity index (χ4v) is 2.45. The number of rotatable bonds is 5. The molecule has 0 spiro atoms. The third kappa shape index (κ3) is 5.29. The van der Waals surface area contributed by atoms with E-state index in [0.717, 1.165) is 25.7 Å². The Morgan fingerprint density at radius 1 is 1.32 bits per heavy atom. The number of likely N-dealkylation sites (N-methyl/N-ethyl adjacent to an activating group) is 1. The molecule has 0 atom stereocenters. The number of amides is 1. The average molecular weight is 266 g/mol. The van der Waals surface area contributed by atoms with E-state index >= 15 is 0 Å². The number of nitrogens with zero attached hydrogens (tertiary/aromatic N) is 2. The third-order valence-electron chi connectivity index (χ3n) is 3.64. The Bertz CT molecular complexity index is 354. The van der Waals surface area contributed by atoms with Crippen LogP contribution in [-0.2, 0) is 14.3 Å². The van der Waals surface area contributed by atoms with Crippen LogP contribution in [0, 0.1) is 23.2 Å². The summed E-state index contributed by atoms with van der Waals surface area (Å²) in [5, 5.41) is 8.85. The summed E-state index contributed by atoms with van der Waals surface area (Å²) in [7, 11) is 0. The normalized spacial score (nSPS) is 22.4. The summed E-state index contributed by atoms with van der Waals surface area (Å²) in [6.45, 7) is 4.38. The van der Waals surface area contributed by atoms with Gasteiger partial charge in [-0.1, -0.05) is 0 Å². The van der Waals surface area contributed by atoms with E-state index in [1.807, 2.05) is 6.92 Å². The molecule has 1 aliphatic rings. The van der Waals surface area contributed by atoms with Crippen LogP contribution < -0.4 is 0 Å². The molecule has 0 aromatic heterocycles. The standard InChI is InChI=1S/C14H22N2O3/c1-3-16(14(18)10-19-11(2)17)9-13-6-4-12(8-15)5-7-13/h12-13H,3-7,9-10H2,1-2H3. The maximum Gasteiger partial charge on any atom is 0.303 e. The SMILES string of the molecule is CCN(CC1CCC(C#N)CC1)C(=O)COC(C)=O.